The molecule has 0 saturated heterocycles. The molecule has 3 rings (SSSR count). The Morgan fingerprint density at radius 1 is 0.957 bits per heavy atom. The van der Waals surface area contributed by atoms with Crippen molar-refractivity contribution >= 4 is 11.0 Å². The average molecular weight is 320 g/mol. The molecule has 0 aliphatic carbocycles. The minimum absolute atomic E-state index is 0.107. The van der Waals surface area contributed by atoms with Crippen LogP contribution in [0.4, 0.5) is 13.2 Å². The molecule has 3 aromatic rings. The van der Waals surface area contributed by atoms with Crippen molar-refractivity contribution in [3.05, 3.63) is 70.1 Å². The predicted octanol–water partition coefficient (Wildman–Crippen LogP) is 3.89. The van der Waals surface area contributed by atoms with Crippen LogP contribution >= 0.6 is 0 Å². The average Bonchev–Trinajstić information content (AvgIpc) is 2.79. The van der Waals surface area contributed by atoms with E-state index >= 15 is 0 Å². The van der Waals surface area contributed by atoms with Crippen LogP contribution in [0.1, 0.15) is 18.1 Å². The van der Waals surface area contributed by atoms with Gasteiger partial charge in [-0.05, 0) is 36.8 Å². The van der Waals surface area contributed by atoms with Crippen LogP contribution in [-0.4, -0.2) is 9.13 Å². The fourth-order valence-corrected chi connectivity index (χ4v) is 2.76. The summed E-state index contributed by atoms with van der Waals surface area (Å²) in [6.45, 7) is 2.48. The summed E-state index contributed by atoms with van der Waals surface area (Å²) in [6, 6.07) is 12.4. The molecule has 1 heterocycles. The Morgan fingerprint density at radius 2 is 1.61 bits per heavy atom. The molecule has 0 spiro atoms. The van der Waals surface area contributed by atoms with E-state index in [4.69, 9.17) is 0 Å². The Kier molecular flexibility index (Phi) is 3.75. The minimum Gasteiger partial charge on any atom is -0.292 e. The minimum atomic E-state index is -4.39. The molecule has 1 aromatic heterocycles. The molecule has 0 unspecified atom stereocenters. The molecule has 0 radical (unpaired) electrons. The first-order chi connectivity index (χ1) is 10.9. The molecule has 0 aliphatic heterocycles. The van der Waals surface area contributed by atoms with E-state index in [1.807, 2.05) is 25.1 Å². The van der Waals surface area contributed by atoms with Gasteiger partial charge in [-0.2, -0.15) is 13.2 Å². The highest BCUT2D eigenvalue weighted by Gasteiger charge is 2.30. The van der Waals surface area contributed by atoms with Crippen LogP contribution in [0.2, 0.25) is 0 Å². The summed E-state index contributed by atoms with van der Waals surface area (Å²) in [5, 5.41) is 0. The third kappa shape index (κ3) is 2.76. The number of alkyl halides is 3. The standard InChI is InChI=1S/C17H15F3N2O/c1-2-21-14-8-3-4-9-15(14)22(16(21)23)11-12-6-5-7-13(10-12)17(18,19)20/h3-10H,2,11H2,1H3. The molecule has 0 saturated carbocycles. The van der Waals surface area contributed by atoms with Gasteiger partial charge < -0.3 is 0 Å². The molecule has 0 fully saturated rings. The van der Waals surface area contributed by atoms with Gasteiger partial charge in [-0.1, -0.05) is 24.3 Å². The van der Waals surface area contributed by atoms with Crippen molar-refractivity contribution in [3.8, 4) is 0 Å². The van der Waals surface area contributed by atoms with E-state index in [0.29, 0.717) is 12.1 Å². The molecule has 0 bridgehead atoms. The van der Waals surface area contributed by atoms with Crippen LogP contribution < -0.4 is 5.69 Å². The first-order valence-electron chi connectivity index (χ1n) is 7.26. The molecule has 0 N–H and O–H groups in total. The number of halogens is 3. The Hall–Kier alpha value is -2.50. The molecule has 0 aliphatic rings. The van der Waals surface area contributed by atoms with Crippen LogP contribution in [-0.2, 0) is 19.3 Å². The van der Waals surface area contributed by atoms with Gasteiger partial charge >= 0.3 is 11.9 Å². The molecule has 6 heteroatoms. The van der Waals surface area contributed by atoms with Crippen molar-refractivity contribution in [2.75, 3.05) is 0 Å². The van der Waals surface area contributed by atoms with Crippen molar-refractivity contribution in [1.82, 2.24) is 9.13 Å². The number of aromatic nitrogens is 2. The fraction of sp³-hybridized carbons (Fsp3) is 0.235. The van der Waals surface area contributed by atoms with Gasteiger partial charge in [0.1, 0.15) is 0 Å². The zero-order valence-corrected chi connectivity index (χ0v) is 12.5. The van der Waals surface area contributed by atoms with Gasteiger partial charge in [0.2, 0.25) is 0 Å². The quantitative estimate of drug-likeness (QED) is 0.719. The Balaban J connectivity index is 2.09. The van der Waals surface area contributed by atoms with Gasteiger partial charge in [-0.25, -0.2) is 4.79 Å². The van der Waals surface area contributed by atoms with Gasteiger partial charge in [0.25, 0.3) is 0 Å². The topological polar surface area (TPSA) is 26.9 Å². The molecule has 23 heavy (non-hydrogen) atoms. The van der Waals surface area contributed by atoms with Gasteiger partial charge in [0, 0.05) is 6.54 Å². The van der Waals surface area contributed by atoms with E-state index in [2.05, 4.69) is 0 Å². The highest BCUT2D eigenvalue weighted by Crippen LogP contribution is 2.29. The van der Waals surface area contributed by atoms with E-state index in [1.165, 1.54) is 10.6 Å². The maximum atomic E-state index is 12.8. The number of fused-ring (bicyclic) bond motifs is 1. The SMILES string of the molecule is CCn1c(=O)n(Cc2cccc(C(F)(F)F)c2)c2ccccc21. The van der Waals surface area contributed by atoms with Gasteiger partial charge in [0.05, 0.1) is 23.1 Å². The van der Waals surface area contributed by atoms with E-state index in [1.54, 1.807) is 16.7 Å². The lowest BCUT2D eigenvalue weighted by atomic mass is 10.1. The van der Waals surface area contributed by atoms with Gasteiger partial charge in [0.15, 0.2) is 0 Å². The molecule has 2 aromatic carbocycles. The van der Waals surface area contributed by atoms with Crippen LogP contribution in [0.5, 0.6) is 0 Å². The van der Waals surface area contributed by atoms with Gasteiger partial charge in [-0.3, -0.25) is 9.13 Å². The lowest BCUT2D eigenvalue weighted by molar-refractivity contribution is -0.137. The zero-order chi connectivity index (χ0) is 16.6. The van der Waals surface area contributed by atoms with Crippen LogP contribution in [0, 0.1) is 0 Å². The van der Waals surface area contributed by atoms with Crippen molar-refractivity contribution in [2.45, 2.75) is 26.2 Å². The summed E-state index contributed by atoms with van der Waals surface area (Å²) >= 11 is 0. The Morgan fingerprint density at radius 3 is 2.22 bits per heavy atom. The smallest absolute Gasteiger partial charge is 0.292 e. The number of hydrogen-bond donors (Lipinski definition) is 0. The zero-order valence-electron chi connectivity index (χ0n) is 12.5. The van der Waals surface area contributed by atoms with Gasteiger partial charge in [-0.15, -0.1) is 0 Å². The molecule has 120 valence electrons. The summed E-state index contributed by atoms with van der Waals surface area (Å²) in [7, 11) is 0. The molecule has 0 atom stereocenters. The number of para-hydroxylation sites is 2. The monoisotopic (exact) mass is 320 g/mol. The summed E-state index contributed by atoms with van der Waals surface area (Å²) in [5.41, 5.74) is 1.03. The largest absolute Gasteiger partial charge is 0.416 e. The predicted molar refractivity (Wildman–Crippen MR) is 82.4 cm³/mol. The normalized spacial score (nSPS) is 12.0. The fourth-order valence-electron chi connectivity index (χ4n) is 2.76. The molecule has 0 amide bonds. The second kappa shape index (κ2) is 5.61. The van der Waals surface area contributed by atoms with Crippen molar-refractivity contribution in [3.63, 3.8) is 0 Å². The first kappa shape index (κ1) is 15.4. The Bertz CT molecular complexity index is 906. The van der Waals surface area contributed by atoms with Crippen molar-refractivity contribution in [2.24, 2.45) is 0 Å². The second-order valence-corrected chi connectivity index (χ2v) is 5.30. The number of benzene rings is 2. The molecular formula is C17H15F3N2O. The van der Waals surface area contributed by atoms with E-state index in [9.17, 15) is 18.0 Å². The second-order valence-electron chi connectivity index (χ2n) is 5.30. The van der Waals surface area contributed by atoms with Crippen molar-refractivity contribution in [1.29, 1.82) is 0 Å². The molecular weight excluding hydrogens is 305 g/mol. The highest BCUT2D eigenvalue weighted by atomic mass is 19.4. The number of hydrogen-bond acceptors (Lipinski definition) is 1. The Labute approximate surface area is 130 Å². The van der Waals surface area contributed by atoms with Crippen LogP contribution in [0.3, 0.4) is 0 Å². The maximum absolute atomic E-state index is 12.8. The summed E-state index contributed by atoms with van der Waals surface area (Å²) in [6.07, 6.45) is -4.39. The lowest BCUT2D eigenvalue weighted by Crippen LogP contribution is -2.24. The van der Waals surface area contributed by atoms with E-state index < -0.39 is 11.7 Å². The number of rotatable bonds is 3. The van der Waals surface area contributed by atoms with E-state index in [0.717, 1.165) is 23.2 Å². The number of nitrogens with zero attached hydrogens (tertiary/aromatic N) is 2. The number of aryl methyl sites for hydroxylation is 1. The van der Waals surface area contributed by atoms with Crippen molar-refractivity contribution < 1.29 is 13.2 Å². The highest BCUT2D eigenvalue weighted by molar-refractivity contribution is 5.76. The summed E-state index contributed by atoms with van der Waals surface area (Å²) < 4.78 is 41.6. The first-order valence-corrected chi connectivity index (χ1v) is 7.26. The molecule has 3 nitrogen and oxygen atoms in total. The lowest BCUT2D eigenvalue weighted by Gasteiger charge is -2.09. The number of imidazole rings is 1. The van der Waals surface area contributed by atoms with Crippen LogP contribution in [0.25, 0.3) is 11.0 Å². The van der Waals surface area contributed by atoms with Crippen LogP contribution in [0.15, 0.2) is 53.3 Å². The summed E-state index contributed by atoms with van der Waals surface area (Å²) in [4.78, 5) is 12.5. The third-order valence-corrected chi connectivity index (χ3v) is 3.84. The third-order valence-electron chi connectivity index (χ3n) is 3.84. The summed E-state index contributed by atoms with van der Waals surface area (Å²) in [5.74, 6) is 0. The maximum Gasteiger partial charge on any atom is 0.416 e. The van der Waals surface area contributed by atoms with E-state index in [-0.39, 0.29) is 12.2 Å².